The highest BCUT2D eigenvalue weighted by Gasteiger charge is 2.03. The van der Waals surface area contributed by atoms with Crippen LogP contribution in [0.4, 0.5) is 0 Å². The highest BCUT2D eigenvalue weighted by molar-refractivity contribution is 5.54. The Labute approximate surface area is 110 Å². The summed E-state index contributed by atoms with van der Waals surface area (Å²) in [7, 11) is 0. The first-order chi connectivity index (χ1) is 8.68. The van der Waals surface area contributed by atoms with Crippen molar-refractivity contribution in [1.82, 2.24) is 0 Å². The Morgan fingerprint density at radius 3 is 2.11 bits per heavy atom. The first-order valence-electron chi connectivity index (χ1n) is 6.48. The van der Waals surface area contributed by atoms with E-state index in [-0.39, 0.29) is 0 Å². The van der Waals surface area contributed by atoms with Gasteiger partial charge in [-0.15, -0.1) is 0 Å². The smallest absolute Gasteiger partial charge is 0.000448 e. The van der Waals surface area contributed by atoms with Crippen LogP contribution in [0.2, 0.25) is 0 Å². The summed E-state index contributed by atoms with van der Waals surface area (Å²) in [5, 5.41) is 0. The topological polar surface area (TPSA) is 0 Å². The molecule has 2 aromatic carbocycles. The molecule has 0 heterocycles. The molecule has 0 bridgehead atoms. The predicted molar refractivity (Wildman–Crippen MR) is 79.8 cm³/mol. The van der Waals surface area contributed by atoms with E-state index in [2.05, 4.69) is 81.5 Å². The third kappa shape index (κ3) is 2.89. The van der Waals surface area contributed by atoms with Crippen molar-refractivity contribution in [3.63, 3.8) is 0 Å². The number of hydrogen-bond donors (Lipinski definition) is 0. The third-order valence-corrected chi connectivity index (χ3v) is 3.43. The molecule has 0 spiro atoms. The van der Waals surface area contributed by atoms with Crippen LogP contribution in [-0.2, 0) is 0 Å². The van der Waals surface area contributed by atoms with Crippen LogP contribution in [0.3, 0.4) is 0 Å². The molecule has 0 radical (unpaired) electrons. The molecule has 2 aromatic rings. The molecule has 2 rings (SSSR count). The molecule has 0 nitrogen and oxygen atoms in total. The molecular formula is C18H20. The molecule has 0 amide bonds. The van der Waals surface area contributed by atoms with E-state index in [0.29, 0.717) is 5.92 Å². The van der Waals surface area contributed by atoms with Crippen LogP contribution in [0.1, 0.15) is 35.1 Å². The molecule has 1 unspecified atom stereocenters. The van der Waals surface area contributed by atoms with Gasteiger partial charge in [-0.2, -0.15) is 0 Å². The van der Waals surface area contributed by atoms with Crippen LogP contribution in [0, 0.1) is 13.8 Å². The molecule has 0 fully saturated rings. The second-order valence-electron chi connectivity index (χ2n) is 4.86. The number of aryl methyl sites for hydroxylation is 2. The number of allylic oxidation sites excluding steroid dienone is 1. The zero-order valence-electron chi connectivity index (χ0n) is 11.4. The van der Waals surface area contributed by atoms with Crippen LogP contribution in [0.25, 0.3) is 6.08 Å². The van der Waals surface area contributed by atoms with E-state index in [0.717, 1.165) is 0 Å². The van der Waals surface area contributed by atoms with Gasteiger partial charge in [0.15, 0.2) is 0 Å². The molecule has 0 aromatic heterocycles. The van der Waals surface area contributed by atoms with E-state index >= 15 is 0 Å². The van der Waals surface area contributed by atoms with Gasteiger partial charge in [-0.1, -0.05) is 67.6 Å². The van der Waals surface area contributed by atoms with Crippen molar-refractivity contribution in [2.45, 2.75) is 26.7 Å². The van der Waals surface area contributed by atoms with Gasteiger partial charge in [-0.05, 0) is 42.0 Å². The minimum Gasteiger partial charge on any atom is -0.0767 e. The molecule has 0 saturated carbocycles. The minimum absolute atomic E-state index is 0.450. The van der Waals surface area contributed by atoms with Gasteiger partial charge in [0.25, 0.3) is 0 Å². The summed E-state index contributed by atoms with van der Waals surface area (Å²) < 4.78 is 0. The Bertz CT molecular complexity index is 549. The maximum Gasteiger partial charge on any atom is -0.000448 e. The van der Waals surface area contributed by atoms with E-state index in [1.54, 1.807) is 0 Å². The number of rotatable bonds is 3. The van der Waals surface area contributed by atoms with Gasteiger partial charge in [-0.25, -0.2) is 0 Å². The van der Waals surface area contributed by atoms with Crippen LogP contribution in [0.15, 0.2) is 54.6 Å². The molecule has 0 N–H and O–H groups in total. The Morgan fingerprint density at radius 2 is 1.44 bits per heavy atom. The van der Waals surface area contributed by atoms with E-state index in [9.17, 15) is 0 Å². The summed E-state index contributed by atoms with van der Waals surface area (Å²) in [6.07, 6.45) is 4.51. The van der Waals surface area contributed by atoms with Crippen molar-refractivity contribution >= 4 is 6.08 Å². The Morgan fingerprint density at radius 1 is 0.833 bits per heavy atom. The lowest BCUT2D eigenvalue weighted by Gasteiger charge is -2.10. The van der Waals surface area contributed by atoms with Gasteiger partial charge in [0.2, 0.25) is 0 Å². The van der Waals surface area contributed by atoms with Crippen molar-refractivity contribution in [1.29, 1.82) is 0 Å². The monoisotopic (exact) mass is 236 g/mol. The van der Waals surface area contributed by atoms with E-state index in [4.69, 9.17) is 0 Å². The van der Waals surface area contributed by atoms with E-state index in [1.165, 1.54) is 22.3 Å². The highest BCUT2D eigenvalue weighted by atomic mass is 14.1. The van der Waals surface area contributed by atoms with E-state index < -0.39 is 0 Å². The molecule has 0 aliphatic heterocycles. The van der Waals surface area contributed by atoms with Gasteiger partial charge in [0, 0.05) is 0 Å². The van der Waals surface area contributed by atoms with Gasteiger partial charge >= 0.3 is 0 Å². The normalized spacial score (nSPS) is 12.8. The molecule has 0 aliphatic carbocycles. The molecule has 0 aliphatic rings. The van der Waals surface area contributed by atoms with Crippen molar-refractivity contribution in [3.8, 4) is 0 Å². The second-order valence-corrected chi connectivity index (χ2v) is 4.86. The zero-order valence-corrected chi connectivity index (χ0v) is 11.4. The van der Waals surface area contributed by atoms with Gasteiger partial charge in [0.1, 0.15) is 0 Å². The summed E-state index contributed by atoms with van der Waals surface area (Å²) in [6, 6.07) is 17.1. The lowest BCUT2D eigenvalue weighted by atomic mass is 9.95. The minimum atomic E-state index is 0.450. The molecule has 0 heteroatoms. The first-order valence-corrected chi connectivity index (χ1v) is 6.48. The lowest BCUT2D eigenvalue weighted by molar-refractivity contribution is 0.957. The highest BCUT2D eigenvalue weighted by Crippen LogP contribution is 2.21. The van der Waals surface area contributed by atoms with Gasteiger partial charge < -0.3 is 0 Å². The van der Waals surface area contributed by atoms with Crippen molar-refractivity contribution in [2.24, 2.45) is 0 Å². The van der Waals surface area contributed by atoms with Gasteiger partial charge in [-0.3, -0.25) is 0 Å². The number of hydrogen-bond acceptors (Lipinski definition) is 0. The maximum absolute atomic E-state index is 2.28. The average Bonchev–Trinajstić information content (AvgIpc) is 2.38. The number of benzene rings is 2. The molecule has 18 heavy (non-hydrogen) atoms. The second kappa shape index (κ2) is 5.68. The largest absolute Gasteiger partial charge is 0.0767 e. The summed E-state index contributed by atoms with van der Waals surface area (Å²) >= 11 is 0. The third-order valence-electron chi connectivity index (χ3n) is 3.43. The Balaban J connectivity index is 2.20. The molecular weight excluding hydrogens is 216 g/mol. The molecule has 0 saturated heterocycles. The summed E-state index contributed by atoms with van der Waals surface area (Å²) in [6.45, 7) is 6.57. The van der Waals surface area contributed by atoms with E-state index in [1.807, 2.05) is 0 Å². The standard InChI is InChI=1S/C18H20/c1-14-8-4-6-10-17(14)13-12-16(3)18-11-7-5-9-15(18)2/h4-13,16H,1-3H3/b13-12+. The molecule has 1 atom stereocenters. The van der Waals surface area contributed by atoms with Crippen LogP contribution in [-0.4, -0.2) is 0 Å². The van der Waals surface area contributed by atoms with Crippen LogP contribution in [0.5, 0.6) is 0 Å². The van der Waals surface area contributed by atoms with Crippen LogP contribution >= 0.6 is 0 Å². The summed E-state index contributed by atoms with van der Waals surface area (Å²) in [5.74, 6) is 0.450. The maximum atomic E-state index is 2.28. The lowest BCUT2D eigenvalue weighted by Crippen LogP contribution is -1.92. The average molecular weight is 236 g/mol. The van der Waals surface area contributed by atoms with Gasteiger partial charge in [0.05, 0.1) is 0 Å². The summed E-state index contributed by atoms with van der Waals surface area (Å²) in [5.41, 5.74) is 5.39. The SMILES string of the molecule is Cc1ccccc1/C=C/C(C)c1ccccc1C. The fourth-order valence-electron chi connectivity index (χ4n) is 2.22. The first kappa shape index (κ1) is 12.6. The quantitative estimate of drug-likeness (QED) is 0.693. The summed E-state index contributed by atoms with van der Waals surface area (Å²) in [4.78, 5) is 0. The van der Waals surface area contributed by atoms with Crippen molar-refractivity contribution in [3.05, 3.63) is 76.9 Å². The zero-order chi connectivity index (χ0) is 13.0. The fourth-order valence-corrected chi connectivity index (χ4v) is 2.22. The Hall–Kier alpha value is -1.82. The van der Waals surface area contributed by atoms with Crippen LogP contribution < -0.4 is 0 Å². The van der Waals surface area contributed by atoms with Crippen molar-refractivity contribution < 1.29 is 0 Å². The Kier molecular flexibility index (Phi) is 3.99. The predicted octanol–water partition coefficient (Wildman–Crippen LogP) is 5.12. The van der Waals surface area contributed by atoms with Crippen molar-refractivity contribution in [2.75, 3.05) is 0 Å². The molecule has 92 valence electrons. The fraction of sp³-hybridized carbons (Fsp3) is 0.222.